The molecule has 0 spiro atoms. The Balaban J connectivity index is 2.17. The van der Waals surface area contributed by atoms with Crippen LogP contribution in [0.1, 0.15) is 29.1 Å². The van der Waals surface area contributed by atoms with E-state index in [0.717, 1.165) is 37.3 Å². The zero-order chi connectivity index (χ0) is 13.4. The van der Waals surface area contributed by atoms with E-state index in [1.807, 2.05) is 0 Å². The van der Waals surface area contributed by atoms with Gasteiger partial charge >= 0.3 is 5.97 Å². The number of carbonyl (C=O) groups is 1. The first kappa shape index (κ1) is 12.1. The molecular weight excluding hydrogens is 264 g/mol. The molecule has 0 saturated heterocycles. The smallest absolute Gasteiger partial charge is 0.328 e. The molecule has 19 heavy (non-hydrogen) atoms. The summed E-state index contributed by atoms with van der Waals surface area (Å²) in [5.74, 6) is -0.772. The minimum atomic E-state index is -1.06. The lowest BCUT2D eigenvalue weighted by molar-refractivity contribution is -0.131. The number of rotatable bonds is 2. The molecule has 0 atom stereocenters. The molecule has 1 aliphatic rings. The van der Waals surface area contributed by atoms with Crippen molar-refractivity contribution >= 4 is 33.6 Å². The first-order chi connectivity index (χ1) is 9.15. The molecule has 0 aromatic carbocycles. The molecule has 0 bridgehead atoms. The van der Waals surface area contributed by atoms with Crippen molar-refractivity contribution in [2.75, 3.05) is 0 Å². The van der Waals surface area contributed by atoms with Gasteiger partial charge in [-0.05, 0) is 37.3 Å². The molecule has 0 aliphatic heterocycles. The van der Waals surface area contributed by atoms with Gasteiger partial charge in [0.15, 0.2) is 0 Å². The van der Waals surface area contributed by atoms with Gasteiger partial charge in [0.25, 0.3) is 5.56 Å². The number of hydrogen-bond acceptors (Lipinski definition) is 4. The maximum Gasteiger partial charge on any atom is 0.328 e. The predicted octanol–water partition coefficient (Wildman–Crippen LogP) is 1.96. The second-order valence-electron chi connectivity index (χ2n) is 4.51. The van der Waals surface area contributed by atoms with E-state index in [2.05, 4.69) is 9.97 Å². The minimum absolute atomic E-state index is 0.172. The van der Waals surface area contributed by atoms with Gasteiger partial charge in [-0.2, -0.15) is 0 Å². The number of H-pyrrole nitrogens is 1. The molecule has 0 saturated carbocycles. The van der Waals surface area contributed by atoms with E-state index >= 15 is 0 Å². The van der Waals surface area contributed by atoms with Crippen LogP contribution in [-0.2, 0) is 17.6 Å². The van der Waals surface area contributed by atoms with Crippen LogP contribution in [0.3, 0.4) is 0 Å². The molecule has 5 nitrogen and oxygen atoms in total. The fourth-order valence-corrected chi connectivity index (χ4v) is 3.68. The third-order valence-corrected chi connectivity index (χ3v) is 4.41. The number of fused-ring (bicyclic) bond motifs is 3. The first-order valence-corrected chi connectivity index (χ1v) is 6.92. The van der Waals surface area contributed by atoms with Gasteiger partial charge in [-0.15, -0.1) is 11.3 Å². The average molecular weight is 276 g/mol. The van der Waals surface area contributed by atoms with Crippen LogP contribution in [0.15, 0.2) is 10.9 Å². The molecule has 6 heteroatoms. The number of aromatic nitrogens is 2. The Labute approximate surface area is 112 Å². The van der Waals surface area contributed by atoms with Crippen molar-refractivity contribution in [3.05, 3.63) is 32.7 Å². The number of aryl methyl sites for hydroxylation is 2. The fraction of sp³-hybridized carbons (Fsp3) is 0.308. The number of aromatic amines is 1. The van der Waals surface area contributed by atoms with E-state index < -0.39 is 5.97 Å². The highest BCUT2D eigenvalue weighted by Crippen LogP contribution is 2.33. The molecular formula is C13H12N2O3S. The van der Waals surface area contributed by atoms with Crippen molar-refractivity contribution < 1.29 is 9.90 Å². The Kier molecular flexibility index (Phi) is 2.94. The lowest BCUT2D eigenvalue weighted by atomic mass is 9.97. The van der Waals surface area contributed by atoms with Gasteiger partial charge in [0.2, 0.25) is 0 Å². The quantitative estimate of drug-likeness (QED) is 0.821. The summed E-state index contributed by atoms with van der Waals surface area (Å²) in [6.45, 7) is 0. The standard InChI is InChI=1S/C13H12N2O3S/c16-10(17)6-5-9-14-12(18)11-7-3-1-2-4-8(7)19-13(11)15-9/h5-6H,1-4H2,(H,16,17)(H,14,15,18). The molecule has 2 aromatic rings. The normalized spacial score (nSPS) is 14.9. The summed E-state index contributed by atoms with van der Waals surface area (Å²) in [6, 6.07) is 0. The lowest BCUT2D eigenvalue weighted by Gasteiger charge is -2.09. The second-order valence-corrected chi connectivity index (χ2v) is 5.60. The Hall–Kier alpha value is -1.95. The molecule has 0 fully saturated rings. The van der Waals surface area contributed by atoms with Crippen molar-refractivity contribution in [2.24, 2.45) is 0 Å². The summed E-state index contributed by atoms with van der Waals surface area (Å²) in [7, 11) is 0. The van der Waals surface area contributed by atoms with Crippen LogP contribution in [0.25, 0.3) is 16.3 Å². The van der Waals surface area contributed by atoms with E-state index in [9.17, 15) is 9.59 Å². The van der Waals surface area contributed by atoms with Crippen molar-refractivity contribution in [1.82, 2.24) is 9.97 Å². The van der Waals surface area contributed by atoms with E-state index in [-0.39, 0.29) is 5.56 Å². The molecule has 2 aromatic heterocycles. The van der Waals surface area contributed by atoms with Crippen LogP contribution < -0.4 is 5.56 Å². The van der Waals surface area contributed by atoms with Gasteiger partial charge in [0.1, 0.15) is 10.7 Å². The Morgan fingerprint density at radius 1 is 1.37 bits per heavy atom. The second kappa shape index (κ2) is 4.62. The molecule has 0 amide bonds. The summed E-state index contributed by atoms with van der Waals surface area (Å²) >= 11 is 1.55. The lowest BCUT2D eigenvalue weighted by Crippen LogP contribution is -2.11. The van der Waals surface area contributed by atoms with Gasteiger partial charge in [-0.25, -0.2) is 9.78 Å². The van der Waals surface area contributed by atoms with Gasteiger partial charge in [-0.1, -0.05) is 0 Å². The first-order valence-electron chi connectivity index (χ1n) is 6.11. The fourth-order valence-electron chi connectivity index (χ4n) is 2.41. The van der Waals surface area contributed by atoms with Crippen molar-refractivity contribution in [3.8, 4) is 0 Å². The summed E-state index contributed by atoms with van der Waals surface area (Å²) in [5.41, 5.74) is 0.961. The molecule has 2 N–H and O–H groups in total. The monoisotopic (exact) mass is 276 g/mol. The number of nitrogens with zero attached hydrogens (tertiary/aromatic N) is 1. The Morgan fingerprint density at radius 3 is 2.95 bits per heavy atom. The van der Waals surface area contributed by atoms with Crippen LogP contribution in [0.2, 0.25) is 0 Å². The molecule has 3 rings (SSSR count). The molecule has 0 unspecified atom stereocenters. The Morgan fingerprint density at radius 2 is 2.16 bits per heavy atom. The zero-order valence-electron chi connectivity index (χ0n) is 10.1. The molecule has 98 valence electrons. The number of hydrogen-bond donors (Lipinski definition) is 2. The third kappa shape index (κ3) is 2.19. The highest BCUT2D eigenvalue weighted by Gasteiger charge is 2.19. The van der Waals surface area contributed by atoms with E-state index in [0.29, 0.717) is 16.0 Å². The van der Waals surface area contributed by atoms with Gasteiger partial charge in [0, 0.05) is 11.0 Å². The number of aliphatic carboxylic acids is 1. The topological polar surface area (TPSA) is 83.0 Å². The van der Waals surface area contributed by atoms with Crippen LogP contribution in [-0.4, -0.2) is 21.0 Å². The Bertz CT molecular complexity index is 742. The number of nitrogens with one attached hydrogen (secondary N) is 1. The zero-order valence-corrected chi connectivity index (χ0v) is 10.9. The highest BCUT2D eigenvalue weighted by atomic mass is 32.1. The third-order valence-electron chi connectivity index (χ3n) is 3.23. The van der Waals surface area contributed by atoms with Crippen LogP contribution in [0.5, 0.6) is 0 Å². The average Bonchev–Trinajstić information content (AvgIpc) is 2.74. The van der Waals surface area contributed by atoms with Gasteiger partial charge in [0.05, 0.1) is 5.39 Å². The van der Waals surface area contributed by atoms with Gasteiger partial charge in [-0.3, -0.25) is 4.79 Å². The van der Waals surface area contributed by atoms with Crippen molar-refractivity contribution in [2.45, 2.75) is 25.7 Å². The predicted molar refractivity (Wildman–Crippen MR) is 73.6 cm³/mol. The SMILES string of the molecule is O=C(O)C=Cc1nc2sc3c(c2c(=O)[nH]1)CCCC3. The number of carboxylic acids is 1. The minimum Gasteiger partial charge on any atom is -0.478 e. The highest BCUT2D eigenvalue weighted by molar-refractivity contribution is 7.18. The molecule has 0 radical (unpaired) electrons. The van der Waals surface area contributed by atoms with E-state index in [1.165, 1.54) is 11.0 Å². The van der Waals surface area contributed by atoms with Crippen LogP contribution in [0, 0.1) is 0 Å². The van der Waals surface area contributed by atoms with Crippen molar-refractivity contribution in [3.63, 3.8) is 0 Å². The van der Waals surface area contributed by atoms with Crippen LogP contribution >= 0.6 is 11.3 Å². The van der Waals surface area contributed by atoms with E-state index in [4.69, 9.17) is 5.11 Å². The van der Waals surface area contributed by atoms with Crippen LogP contribution in [0.4, 0.5) is 0 Å². The summed E-state index contributed by atoms with van der Waals surface area (Å²) in [4.78, 5) is 31.5. The maximum absolute atomic E-state index is 12.1. The maximum atomic E-state index is 12.1. The van der Waals surface area contributed by atoms with Crippen molar-refractivity contribution in [1.29, 1.82) is 0 Å². The molecule has 1 aliphatic carbocycles. The largest absolute Gasteiger partial charge is 0.478 e. The number of carboxylic acid groups (broad SMARTS) is 1. The van der Waals surface area contributed by atoms with Gasteiger partial charge < -0.3 is 10.1 Å². The summed E-state index contributed by atoms with van der Waals surface area (Å²) in [5, 5.41) is 9.27. The number of thiophene rings is 1. The summed E-state index contributed by atoms with van der Waals surface area (Å²) in [6.07, 6.45) is 6.49. The van der Waals surface area contributed by atoms with E-state index in [1.54, 1.807) is 11.3 Å². The summed E-state index contributed by atoms with van der Waals surface area (Å²) < 4.78 is 0. The molecule has 2 heterocycles.